The smallest absolute Gasteiger partial charge is 0.264 e. The molecule has 0 unspecified atom stereocenters. The lowest BCUT2D eigenvalue weighted by Crippen LogP contribution is -2.00. The Morgan fingerprint density at radius 2 is 2.24 bits per heavy atom. The summed E-state index contributed by atoms with van der Waals surface area (Å²) in [7, 11) is 1.56. The topological polar surface area (TPSA) is 74.5 Å². The second-order valence-electron chi connectivity index (χ2n) is 4.41. The lowest BCUT2D eigenvalue weighted by Gasteiger charge is -2.06. The summed E-state index contributed by atoms with van der Waals surface area (Å²) in [5.74, 6) is 1.16. The standard InChI is InChI=1S/C14H15ClN2O4/c1-8(18)10-4-5-12(11(15)6-10)20-7-13-16-14(17-21-13)9(2)19-3/h4-6,9H,7H2,1-3H3/t9-/m1/s1. The highest BCUT2D eigenvalue weighted by molar-refractivity contribution is 6.32. The highest BCUT2D eigenvalue weighted by atomic mass is 35.5. The molecule has 0 radical (unpaired) electrons. The maximum absolute atomic E-state index is 11.2. The van der Waals surface area contributed by atoms with Crippen molar-refractivity contribution in [3.05, 3.63) is 40.5 Å². The van der Waals surface area contributed by atoms with Crippen molar-refractivity contribution in [3.8, 4) is 5.75 Å². The van der Waals surface area contributed by atoms with Gasteiger partial charge in [-0.05, 0) is 32.0 Å². The SMILES string of the molecule is CO[C@H](C)c1noc(COc2ccc(C(C)=O)cc2Cl)n1. The Hall–Kier alpha value is -1.92. The molecule has 0 aliphatic heterocycles. The Balaban J connectivity index is 2.03. The fourth-order valence-corrected chi connectivity index (χ4v) is 1.81. The molecule has 0 saturated heterocycles. The number of hydrogen-bond donors (Lipinski definition) is 0. The van der Waals surface area contributed by atoms with Crippen LogP contribution in [0.15, 0.2) is 22.7 Å². The average Bonchev–Trinajstić information content (AvgIpc) is 2.93. The number of ketones is 1. The zero-order valence-corrected chi connectivity index (χ0v) is 12.7. The molecule has 112 valence electrons. The molecule has 2 rings (SSSR count). The number of benzene rings is 1. The Bertz CT molecular complexity index is 642. The molecule has 1 aromatic heterocycles. The Morgan fingerprint density at radius 3 is 2.86 bits per heavy atom. The largest absolute Gasteiger partial charge is 0.482 e. The van der Waals surface area contributed by atoms with E-state index in [1.165, 1.54) is 6.92 Å². The molecule has 0 fully saturated rings. The number of ether oxygens (including phenoxy) is 2. The normalized spacial score (nSPS) is 12.2. The van der Waals surface area contributed by atoms with Crippen LogP contribution in [0.2, 0.25) is 5.02 Å². The molecule has 0 bridgehead atoms. The first-order valence-corrected chi connectivity index (χ1v) is 6.67. The molecular weight excluding hydrogens is 296 g/mol. The second-order valence-corrected chi connectivity index (χ2v) is 4.82. The number of aromatic nitrogens is 2. The van der Waals surface area contributed by atoms with Crippen LogP contribution >= 0.6 is 11.6 Å². The molecule has 0 amide bonds. The van der Waals surface area contributed by atoms with Crippen molar-refractivity contribution < 1.29 is 18.8 Å². The predicted octanol–water partition coefficient (Wildman–Crippen LogP) is 3.21. The lowest BCUT2D eigenvalue weighted by atomic mass is 10.1. The van der Waals surface area contributed by atoms with Crippen molar-refractivity contribution in [1.29, 1.82) is 0 Å². The lowest BCUT2D eigenvalue weighted by molar-refractivity contribution is 0.101. The van der Waals surface area contributed by atoms with Gasteiger partial charge in [0, 0.05) is 12.7 Å². The molecule has 0 aliphatic carbocycles. The summed E-state index contributed by atoms with van der Waals surface area (Å²) in [4.78, 5) is 15.4. The van der Waals surface area contributed by atoms with Crippen LogP contribution in [0, 0.1) is 0 Å². The maximum atomic E-state index is 11.2. The van der Waals surface area contributed by atoms with Crippen molar-refractivity contribution in [2.75, 3.05) is 7.11 Å². The minimum absolute atomic E-state index is 0.0569. The molecule has 7 heteroatoms. The monoisotopic (exact) mass is 310 g/mol. The third-order valence-corrected chi connectivity index (χ3v) is 3.19. The summed E-state index contributed by atoms with van der Waals surface area (Å²) < 4.78 is 15.6. The van der Waals surface area contributed by atoms with E-state index in [4.69, 9.17) is 25.6 Å². The van der Waals surface area contributed by atoms with Gasteiger partial charge in [-0.25, -0.2) is 0 Å². The van der Waals surface area contributed by atoms with Gasteiger partial charge in [0.25, 0.3) is 5.89 Å². The fraction of sp³-hybridized carbons (Fsp3) is 0.357. The molecule has 0 spiro atoms. The van der Waals surface area contributed by atoms with Crippen molar-refractivity contribution >= 4 is 17.4 Å². The van der Waals surface area contributed by atoms with Crippen LogP contribution in [0.3, 0.4) is 0 Å². The van der Waals surface area contributed by atoms with E-state index in [-0.39, 0.29) is 18.5 Å². The first-order chi connectivity index (χ1) is 10.0. The number of nitrogens with zero attached hydrogens (tertiary/aromatic N) is 2. The van der Waals surface area contributed by atoms with Crippen LogP contribution < -0.4 is 4.74 Å². The van der Waals surface area contributed by atoms with E-state index in [9.17, 15) is 4.79 Å². The zero-order valence-electron chi connectivity index (χ0n) is 11.9. The highest BCUT2D eigenvalue weighted by Crippen LogP contribution is 2.26. The quantitative estimate of drug-likeness (QED) is 0.763. The number of halogens is 1. The summed E-state index contributed by atoms with van der Waals surface area (Å²) in [6, 6.07) is 4.84. The van der Waals surface area contributed by atoms with Gasteiger partial charge in [-0.1, -0.05) is 16.8 Å². The number of carbonyl (C=O) groups excluding carboxylic acids is 1. The van der Waals surface area contributed by atoms with E-state index in [0.717, 1.165) is 0 Å². The highest BCUT2D eigenvalue weighted by Gasteiger charge is 2.14. The van der Waals surface area contributed by atoms with Gasteiger partial charge in [0.1, 0.15) is 11.9 Å². The van der Waals surface area contributed by atoms with Crippen LogP contribution in [-0.2, 0) is 11.3 Å². The number of Topliss-reactive ketones (excluding diaryl/α,β-unsaturated/α-hetero) is 1. The Labute approximate surface area is 127 Å². The summed E-state index contributed by atoms with van der Waals surface area (Å²) in [6.07, 6.45) is -0.249. The number of hydrogen-bond acceptors (Lipinski definition) is 6. The van der Waals surface area contributed by atoms with Crippen molar-refractivity contribution in [1.82, 2.24) is 10.1 Å². The van der Waals surface area contributed by atoms with Crippen LogP contribution in [0.5, 0.6) is 5.75 Å². The number of rotatable bonds is 6. The van der Waals surface area contributed by atoms with Crippen LogP contribution in [0.25, 0.3) is 0 Å². The van der Waals surface area contributed by atoms with Gasteiger partial charge in [-0.15, -0.1) is 0 Å². The van der Waals surface area contributed by atoms with Gasteiger partial charge in [-0.3, -0.25) is 4.79 Å². The molecule has 1 heterocycles. The van der Waals surface area contributed by atoms with E-state index in [2.05, 4.69) is 10.1 Å². The summed E-state index contributed by atoms with van der Waals surface area (Å²) >= 11 is 6.05. The molecule has 0 saturated carbocycles. The van der Waals surface area contributed by atoms with Crippen LogP contribution in [0.4, 0.5) is 0 Å². The van der Waals surface area contributed by atoms with E-state index in [1.807, 2.05) is 6.92 Å². The molecule has 6 nitrogen and oxygen atoms in total. The molecule has 0 N–H and O–H groups in total. The van der Waals surface area contributed by atoms with Crippen LogP contribution in [0.1, 0.15) is 42.0 Å². The van der Waals surface area contributed by atoms with Gasteiger partial charge >= 0.3 is 0 Å². The molecule has 2 aromatic rings. The molecule has 0 aliphatic rings. The third kappa shape index (κ3) is 3.80. The van der Waals surface area contributed by atoms with E-state index < -0.39 is 0 Å². The minimum atomic E-state index is -0.249. The fourth-order valence-electron chi connectivity index (χ4n) is 1.57. The van der Waals surface area contributed by atoms with Crippen molar-refractivity contribution in [2.24, 2.45) is 0 Å². The predicted molar refractivity (Wildman–Crippen MR) is 75.5 cm³/mol. The van der Waals surface area contributed by atoms with Gasteiger partial charge in [0.15, 0.2) is 18.2 Å². The van der Waals surface area contributed by atoms with Gasteiger partial charge in [-0.2, -0.15) is 4.98 Å². The van der Waals surface area contributed by atoms with Crippen LogP contribution in [-0.4, -0.2) is 23.0 Å². The summed E-state index contributed by atoms with van der Waals surface area (Å²) in [5.41, 5.74) is 0.529. The first kappa shape index (κ1) is 15.5. The molecule has 1 aromatic carbocycles. The maximum Gasteiger partial charge on any atom is 0.264 e. The minimum Gasteiger partial charge on any atom is -0.482 e. The molecule has 21 heavy (non-hydrogen) atoms. The van der Waals surface area contributed by atoms with Crippen molar-refractivity contribution in [2.45, 2.75) is 26.6 Å². The number of methoxy groups -OCH3 is 1. The average molecular weight is 311 g/mol. The van der Waals surface area contributed by atoms with Gasteiger partial charge in [0.2, 0.25) is 0 Å². The van der Waals surface area contributed by atoms with Crippen molar-refractivity contribution in [3.63, 3.8) is 0 Å². The zero-order chi connectivity index (χ0) is 15.4. The van der Waals surface area contributed by atoms with E-state index >= 15 is 0 Å². The Kier molecular flexibility index (Phi) is 4.93. The Morgan fingerprint density at radius 1 is 1.48 bits per heavy atom. The number of carbonyl (C=O) groups is 1. The molecular formula is C14H15ClN2O4. The first-order valence-electron chi connectivity index (χ1n) is 6.29. The van der Waals surface area contributed by atoms with Gasteiger partial charge < -0.3 is 14.0 Å². The molecule has 1 atom stereocenters. The van der Waals surface area contributed by atoms with E-state index in [0.29, 0.717) is 28.1 Å². The summed E-state index contributed by atoms with van der Waals surface area (Å²) in [6.45, 7) is 3.37. The van der Waals surface area contributed by atoms with E-state index in [1.54, 1.807) is 25.3 Å². The third-order valence-electron chi connectivity index (χ3n) is 2.89. The summed E-state index contributed by atoms with van der Waals surface area (Å²) in [5, 5.41) is 4.14. The second kappa shape index (κ2) is 6.69. The van der Waals surface area contributed by atoms with Gasteiger partial charge in [0.05, 0.1) is 5.02 Å².